The summed E-state index contributed by atoms with van der Waals surface area (Å²) in [7, 11) is 1.60. The Labute approximate surface area is 138 Å². The predicted octanol–water partition coefficient (Wildman–Crippen LogP) is 4.77. The second-order valence-electron chi connectivity index (χ2n) is 4.16. The average Bonchev–Trinajstić information content (AvgIpc) is 2.49. The van der Waals surface area contributed by atoms with Gasteiger partial charge in [0.1, 0.15) is 11.4 Å². The molecule has 112 valence electrons. The molecule has 1 aromatic heterocycles. The van der Waals surface area contributed by atoms with E-state index in [1.54, 1.807) is 25.3 Å². The molecule has 0 fully saturated rings. The van der Waals surface area contributed by atoms with Crippen molar-refractivity contribution in [2.75, 3.05) is 19.0 Å². The molecule has 1 aromatic carbocycles. The molecule has 1 heterocycles. The van der Waals surface area contributed by atoms with Gasteiger partial charge in [-0.3, -0.25) is 0 Å². The summed E-state index contributed by atoms with van der Waals surface area (Å²) >= 11 is 13.6. The number of ether oxygens (including phenoxy) is 1. The number of nitrogens with zero attached hydrogens (tertiary/aromatic N) is 2. The van der Waals surface area contributed by atoms with Crippen molar-refractivity contribution < 1.29 is 4.74 Å². The Morgan fingerprint density at radius 1 is 1.29 bits per heavy atom. The molecule has 0 saturated heterocycles. The number of rotatable bonds is 6. The van der Waals surface area contributed by atoms with Gasteiger partial charge in [-0.05, 0) is 24.6 Å². The van der Waals surface area contributed by atoms with Gasteiger partial charge in [0.05, 0.1) is 12.1 Å². The molecule has 21 heavy (non-hydrogen) atoms. The Hall–Kier alpha value is -1.17. The number of nitrogens with one attached hydrogen (secondary N) is 1. The van der Waals surface area contributed by atoms with Crippen LogP contribution in [0.5, 0.6) is 5.75 Å². The van der Waals surface area contributed by atoms with Crippen molar-refractivity contribution in [3.8, 4) is 5.75 Å². The van der Waals surface area contributed by atoms with Gasteiger partial charge >= 0.3 is 0 Å². The van der Waals surface area contributed by atoms with Gasteiger partial charge < -0.3 is 10.1 Å². The number of anilines is 1. The molecular formula is C14H15Cl2N3OS. The number of hydrogen-bond acceptors (Lipinski definition) is 5. The van der Waals surface area contributed by atoms with Crippen LogP contribution in [-0.2, 0) is 0 Å². The smallest absolute Gasteiger partial charge is 0.194 e. The molecule has 0 aliphatic carbocycles. The SMILES string of the molecule is CCCNc1ncnc(Sc2cc(Cl)ccc2Cl)c1OC. The first-order chi connectivity index (χ1) is 10.2. The second kappa shape index (κ2) is 7.73. The molecule has 1 N–H and O–H groups in total. The fourth-order valence-corrected chi connectivity index (χ4v) is 3.05. The van der Waals surface area contributed by atoms with Crippen LogP contribution in [0.15, 0.2) is 34.4 Å². The Morgan fingerprint density at radius 2 is 2.10 bits per heavy atom. The first-order valence-electron chi connectivity index (χ1n) is 6.41. The van der Waals surface area contributed by atoms with Crippen LogP contribution in [0.25, 0.3) is 0 Å². The largest absolute Gasteiger partial charge is 0.490 e. The van der Waals surface area contributed by atoms with Crippen LogP contribution in [0, 0.1) is 0 Å². The molecule has 2 rings (SSSR count). The van der Waals surface area contributed by atoms with E-state index in [4.69, 9.17) is 27.9 Å². The molecule has 0 bridgehead atoms. The zero-order valence-corrected chi connectivity index (χ0v) is 14.0. The molecule has 0 saturated carbocycles. The normalized spacial score (nSPS) is 10.5. The molecule has 0 atom stereocenters. The van der Waals surface area contributed by atoms with E-state index in [0.29, 0.717) is 26.6 Å². The number of methoxy groups -OCH3 is 1. The highest BCUT2D eigenvalue weighted by Gasteiger charge is 2.14. The first kappa shape index (κ1) is 16.2. The second-order valence-corrected chi connectivity index (χ2v) is 6.04. The van der Waals surface area contributed by atoms with Crippen LogP contribution < -0.4 is 10.1 Å². The summed E-state index contributed by atoms with van der Waals surface area (Å²) in [6.45, 7) is 2.90. The zero-order valence-electron chi connectivity index (χ0n) is 11.7. The van der Waals surface area contributed by atoms with Gasteiger partial charge in [-0.25, -0.2) is 9.97 Å². The Morgan fingerprint density at radius 3 is 2.81 bits per heavy atom. The summed E-state index contributed by atoms with van der Waals surface area (Å²) in [6.07, 6.45) is 2.50. The minimum absolute atomic E-state index is 0.604. The van der Waals surface area contributed by atoms with Gasteiger partial charge in [0, 0.05) is 16.5 Å². The van der Waals surface area contributed by atoms with E-state index in [1.165, 1.54) is 18.1 Å². The number of benzene rings is 1. The molecule has 0 amide bonds. The summed E-state index contributed by atoms with van der Waals surface area (Å²) in [5, 5.41) is 5.15. The molecule has 0 aliphatic heterocycles. The van der Waals surface area contributed by atoms with E-state index in [-0.39, 0.29) is 0 Å². The minimum atomic E-state index is 0.604. The molecule has 2 aromatic rings. The topological polar surface area (TPSA) is 47.0 Å². The number of hydrogen-bond donors (Lipinski definition) is 1. The molecular weight excluding hydrogens is 329 g/mol. The third-order valence-electron chi connectivity index (χ3n) is 2.62. The van der Waals surface area contributed by atoms with E-state index < -0.39 is 0 Å². The van der Waals surface area contributed by atoms with Crippen LogP contribution in [-0.4, -0.2) is 23.6 Å². The quantitative estimate of drug-likeness (QED) is 0.765. The molecule has 0 aliphatic rings. The van der Waals surface area contributed by atoms with Gasteiger partial charge in [-0.2, -0.15) is 0 Å². The van der Waals surface area contributed by atoms with Crippen LogP contribution in [0.2, 0.25) is 10.0 Å². The standard InChI is InChI=1S/C14H15Cl2N3OS/c1-3-6-17-13-12(20-2)14(19-8-18-13)21-11-7-9(15)4-5-10(11)16/h4-5,7-8H,3,6H2,1-2H3,(H,17,18,19). The van der Waals surface area contributed by atoms with E-state index in [0.717, 1.165) is 17.9 Å². The fraction of sp³-hybridized carbons (Fsp3) is 0.286. The van der Waals surface area contributed by atoms with Gasteiger partial charge in [0.2, 0.25) is 0 Å². The van der Waals surface area contributed by atoms with Gasteiger partial charge in [0.25, 0.3) is 0 Å². The lowest BCUT2D eigenvalue weighted by molar-refractivity contribution is 0.400. The third-order valence-corrected chi connectivity index (χ3v) is 4.34. The van der Waals surface area contributed by atoms with Gasteiger partial charge in [-0.1, -0.05) is 41.9 Å². The average molecular weight is 344 g/mol. The van der Waals surface area contributed by atoms with E-state index in [2.05, 4.69) is 22.2 Å². The maximum atomic E-state index is 6.19. The van der Waals surface area contributed by atoms with Crippen molar-refractivity contribution >= 4 is 40.8 Å². The highest BCUT2D eigenvalue weighted by molar-refractivity contribution is 7.99. The monoisotopic (exact) mass is 343 g/mol. The lowest BCUT2D eigenvalue weighted by Gasteiger charge is -2.12. The summed E-state index contributed by atoms with van der Waals surface area (Å²) < 4.78 is 5.43. The molecule has 4 nitrogen and oxygen atoms in total. The van der Waals surface area contributed by atoms with Crippen molar-refractivity contribution in [1.82, 2.24) is 9.97 Å². The van der Waals surface area contributed by atoms with Crippen molar-refractivity contribution in [2.24, 2.45) is 0 Å². The van der Waals surface area contributed by atoms with Crippen molar-refractivity contribution in [2.45, 2.75) is 23.3 Å². The van der Waals surface area contributed by atoms with E-state index in [1.807, 2.05) is 0 Å². The van der Waals surface area contributed by atoms with Crippen LogP contribution in [0.4, 0.5) is 5.82 Å². The maximum absolute atomic E-state index is 6.19. The zero-order chi connectivity index (χ0) is 15.2. The Balaban J connectivity index is 2.33. The lowest BCUT2D eigenvalue weighted by atomic mass is 10.4. The summed E-state index contributed by atoms with van der Waals surface area (Å²) in [5.41, 5.74) is 0. The van der Waals surface area contributed by atoms with Crippen LogP contribution in [0.1, 0.15) is 13.3 Å². The molecule has 0 radical (unpaired) electrons. The third kappa shape index (κ3) is 4.15. The first-order valence-corrected chi connectivity index (χ1v) is 7.98. The van der Waals surface area contributed by atoms with Crippen molar-refractivity contribution in [3.63, 3.8) is 0 Å². The van der Waals surface area contributed by atoms with E-state index in [9.17, 15) is 0 Å². The van der Waals surface area contributed by atoms with E-state index >= 15 is 0 Å². The Bertz CT molecular complexity index is 625. The van der Waals surface area contributed by atoms with Gasteiger partial charge in [0.15, 0.2) is 11.6 Å². The highest BCUT2D eigenvalue weighted by atomic mass is 35.5. The Kier molecular flexibility index (Phi) is 5.96. The van der Waals surface area contributed by atoms with Crippen molar-refractivity contribution in [3.05, 3.63) is 34.6 Å². The fourth-order valence-electron chi connectivity index (χ4n) is 1.64. The lowest BCUT2D eigenvalue weighted by Crippen LogP contribution is -2.05. The molecule has 0 unspecified atom stereocenters. The molecule has 7 heteroatoms. The summed E-state index contributed by atoms with van der Waals surface area (Å²) in [6, 6.07) is 5.31. The van der Waals surface area contributed by atoms with Crippen molar-refractivity contribution in [1.29, 1.82) is 0 Å². The summed E-state index contributed by atoms with van der Waals surface area (Å²) in [4.78, 5) is 9.30. The maximum Gasteiger partial charge on any atom is 0.194 e. The summed E-state index contributed by atoms with van der Waals surface area (Å²) in [5.74, 6) is 1.28. The minimum Gasteiger partial charge on any atom is -0.490 e. The molecule has 0 spiro atoms. The van der Waals surface area contributed by atoms with Crippen LogP contribution in [0.3, 0.4) is 0 Å². The number of halogens is 2. The van der Waals surface area contributed by atoms with Gasteiger partial charge in [-0.15, -0.1) is 0 Å². The van der Waals surface area contributed by atoms with Crippen LogP contribution >= 0.6 is 35.0 Å². The number of aromatic nitrogens is 2. The predicted molar refractivity (Wildman–Crippen MR) is 87.9 cm³/mol. The highest BCUT2D eigenvalue weighted by Crippen LogP contribution is 2.40.